The molecule has 0 saturated carbocycles. The maximum Gasteiger partial charge on any atom is -0.000912 e. The van der Waals surface area contributed by atoms with Gasteiger partial charge in [0, 0.05) is 0 Å². The molecule has 0 N–H and O–H groups in total. The largest absolute Gasteiger partial charge is 0.0620 e. The number of hydrogen-bond donors (Lipinski definition) is 0. The van der Waals surface area contributed by atoms with Crippen LogP contribution in [-0.2, 0) is 10.8 Å². The lowest BCUT2D eigenvalue weighted by Gasteiger charge is -2.45. The second-order valence-corrected chi connectivity index (χ2v) is 8.73. The molecule has 0 fully saturated rings. The summed E-state index contributed by atoms with van der Waals surface area (Å²) < 4.78 is 0. The van der Waals surface area contributed by atoms with Gasteiger partial charge in [-0.25, -0.2) is 0 Å². The van der Waals surface area contributed by atoms with Crippen molar-refractivity contribution in [3.8, 4) is 0 Å². The summed E-state index contributed by atoms with van der Waals surface area (Å²) >= 11 is 0. The van der Waals surface area contributed by atoms with Gasteiger partial charge < -0.3 is 0 Å². The van der Waals surface area contributed by atoms with E-state index in [2.05, 4.69) is 104 Å². The highest BCUT2D eigenvalue weighted by molar-refractivity contribution is 5.45. The maximum atomic E-state index is 2.41. The summed E-state index contributed by atoms with van der Waals surface area (Å²) in [7, 11) is 0. The molecule has 0 atom stereocenters. The Morgan fingerprint density at radius 3 is 1.12 bits per heavy atom. The maximum absolute atomic E-state index is 2.41. The van der Waals surface area contributed by atoms with E-state index in [0.717, 1.165) is 0 Å². The monoisotopic (exact) mass is 322 g/mol. The molecule has 0 heteroatoms. The minimum Gasteiger partial charge on any atom is -0.0620 e. The molecule has 130 valence electrons. The Bertz CT molecular complexity index is 625. The lowest BCUT2D eigenvalue weighted by Crippen LogP contribution is -2.42. The highest BCUT2D eigenvalue weighted by atomic mass is 14.5. The first kappa shape index (κ1) is 18.8. The normalized spacial score (nSPS) is 12.9. The van der Waals surface area contributed by atoms with E-state index in [9.17, 15) is 0 Å². The van der Waals surface area contributed by atoms with Gasteiger partial charge in [0.1, 0.15) is 0 Å². The van der Waals surface area contributed by atoms with Gasteiger partial charge >= 0.3 is 0 Å². The van der Waals surface area contributed by atoms with Crippen molar-refractivity contribution in [3.63, 3.8) is 0 Å². The van der Waals surface area contributed by atoms with Crippen molar-refractivity contribution in [1.82, 2.24) is 0 Å². The molecule has 0 saturated heterocycles. The van der Waals surface area contributed by atoms with Crippen LogP contribution >= 0.6 is 0 Å². The predicted molar refractivity (Wildman–Crippen MR) is 107 cm³/mol. The molecule has 0 radical (unpaired) electrons. The van der Waals surface area contributed by atoms with Gasteiger partial charge in [-0.2, -0.15) is 0 Å². The van der Waals surface area contributed by atoms with Gasteiger partial charge in [-0.3, -0.25) is 0 Å². The Labute approximate surface area is 149 Å². The molecule has 0 unspecified atom stereocenters. The molecule has 0 heterocycles. The van der Waals surface area contributed by atoms with Gasteiger partial charge in [-0.15, -0.1) is 0 Å². The van der Waals surface area contributed by atoms with Crippen molar-refractivity contribution in [2.45, 2.75) is 78.1 Å². The fraction of sp³-hybridized carbons (Fsp3) is 0.500. The van der Waals surface area contributed by atoms with Crippen LogP contribution in [-0.4, -0.2) is 0 Å². The molecular formula is C24H34. The summed E-state index contributed by atoms with van der Waals surface area (Å²) in [6, 6.07) is 18.0. The Morgan fingerprint density at radius 1 is 0.542 bits per heavy atom. The summed E-state index contributed by atoms with van der Waals surface area (Å²) in [5.74, 6) is 1.08. The summed E-state index contributed by atoms with van der Waals surface area (Å²) in [5.41, 5.74) is 5.97. The Balaban J connectivity index is 2.64. The molecule has 0 aliphatic carbocycles. The highest BCUT2D eigenvalue weighted by Gasteiger charge is 2.42. The van der Waals surface area contributed by atoms with E-state index in [1.807, 2.05) is 0 Å². The van der Waals surface area contributed by atoms with Crippen LogP contribution in [0.15, 0.2) is 48.5 Å². The predicted octanol–water partition coefficient (Wildman–Crippen LogP) is 7.19. The van der Waals surface area contributed by atoms with Crippen LogP contribution in [0, 0.1) is 0 Å². The molecule has 2 aromatic rings. The third-order valence-electron chi connectivity index (χ3n) is 6.07. The minimum absolute atomic E-state index is 0.0405. The third kappa shape index (κ3) is 3.16. The van der Waals surface area contributed by atoms with E-state index in [1.165, 1.54) is 22.3 Å². The number of hydrogen-bond acceptors (Lipinski definition) is 0. The lowest BCUT2D eigenvalue weighted by molar-refractivity contribution is 0.297. The Hall–Kier alpha value is -1.56. The van der Waals surface area contributed by atoms with E-state index in [1.54, 1.807) is 0 Å². The Morgan fingerprint density at radius 2 is 0.833 bits per heavy atom. The van der Waals surface area contributed by atoms with Crippen molar-refractivity contribution in [3.05, 3.63) is 70.8 Å². The summed E-state index contributed by atoms with van der Waals surface area (Å²) in [6.07, 6.45) is 0. The fourth-order valence-corrected chi connectivity index (χ4v) is 3.81. The summed E-state index contributed by atoms with van der Waals surface area (Å²) in [6.45, 7) is 18.8. The zero-order valence-corrected chi connectivity index (χ0v) is 16.8. The van der Waals surface area contributed by atoms with Crippen LogP contribution in [0.5, 0.6) is 0 Å². The fourth-order valence-electron chi connectivity index (χ4n) is 3.81. The van der Waals surface area contributed by atoms with Crippen molar-refractivity contribution >= 4 is 0 Å². The van der Waals surface area contributed by atoms with Gasteiger partial charge in [0.05, 0.1) is 0 Å². The van der Waals surface area contributed by atoms with Crippen molar-refractivity contribution in [2.24, 2.45) is 0 Å². The van der Waals surface area contributed by atoms with E-state index < -0.39 is 0 Å². The van der Waals surface area contributed by atoms with Crippen molar-refractivity contribution in [1.29, 1.82) is 0 Å². The molecule has 0 aromatic heterocycles. The molecule has 0 amide bonds. The van der Waals surface area contributed by atoms with E-state index >= 15 is 0 Å². The zero-order chi connectivity index (χ0) is 18.1. The molecule has 0 spiro atoms. The lowest BCUT2D eigenvalue weighted by atomic mass is 9.58. The van der Waals surface area contributed by atoms with E-state index in [-0.39, 0.29) is 10.8 Å². The first-order valence-electron chi connectivity index (χ1n) is 9.29. The van der Waals surface area contributed by atoms with Gasteiger partial charge in [0.25, 0.3) is 0 Å². The van der Waals surface area contributed by atoms with Crippen LogP contribution in [0.3, 0.4) is 0 Å². The molecule has 0 aliphatic heterocycles. The molecule has 24 heavy (non-hydrogen) atoms. The topological polar surface area (TPSA) is 0 Å². The van der Waals surface area contributed by atoms with Crippen LogP contribution in [0.2, 0.25) is 0 Å². The highest BCUT2D eigenvalue weighted by Crippen LogP contribution is 2.47. The molecule has 0 aliphatic rings. The van der Waals surface area contributed by atoms with Crippen LogP contribution in [0.4, 0.5) is 0 Å². The van der Waals surface area contributed by atoms with Gasteiger partial charge in [0.15, 0.2) is 0 Å². The van der Waals surface area contributed by atoms with Crippen LogP contribution in [0.25, 0.3) is 0 Å². The Kier molecular flexibility index (Phi) is 5.28. The van der Waals surface area contributed by atoms with Crippen molar-refractivity contribution < 1.29 is 0 Å². The standard InChI is InChI=1S/C24H34/c1-17(2)19-13-9-11-15-21(19)23(5,6)24(7,8)22-16-12-10-14-20(22)18(3)4/h9-18H,1-8H3. The minimum atomic E-state index is 0.0405. The number of benzene rings is 2. The summed E-state index contributed by atoms with van der Waals surface area (Å²) in [4.78, 5) is 0. The average Bonchev–Trinajstić information content (AvgIpc) is 2.54. The number of rotatable bonds is 5. The van der Waals surface area contributed by atoms with Gasteiger partial charge in [0.2, 0.25) is 0 Å². The second-order valence-electron chi connectivity index (χ2n) is 8.73. The third-order valence-corrected chi connectivity index (χ3v) is 6.07. The SMILES string of the molecule is CC(C)c1ccccc1C(C)(C)C(C)(C)c1ccccc1C(C)C. The molecule has 0 bridgehead atoms. The van der Waals surface area contributed by atoms with E-state index in [0.29, 0.717) is 11.8 Å². The van der Waals surface area contributed by atoms with Crippen LogP contribution in [0.1, 0.15) is 89.5 Å². The first-order chi connectivity index (χ1) is 11.1. The van der Waals surface area contributed by atoms with E-state index in [4.69, 9.17) is 0 Å². The summed E-state index contributed by atoms with van der Waals surface area (Å²) in [5, 5.41) is 0. The zero-order valence-electron chi connectivity index (χ0n) is 16.8. The molecule has 2 aromatic carbocycles. The molecular weight excluding hydrogens is 288 g/mol. The van der Waals surface area contributed by atoms with Crippen molar-refractivity contribution in [2.75, 3.05) is 0 Å². The molecule has 0 nitrogen and oxygen atoms in total. The quantitative estimate of drug-likeness (QED) is 0.546. The van der Waals surface area contributed by atoms with Gasteiger partial charge in [-0.05, 0) is 44.9 Å². The smallest absolute Gasteiger partial charge is 0.000912 e. The second kappa shape index (κ2) is 6.75. The first-order valence-corrected chi connectivity index (χ1v) is 9.29. The van der Waals surface area contributed by atoms with Crippen LogP contribution < -0.4 is 0 Å². The molecule has 2 rings (SSSR count). The average molecular weight is 323 g/mol. The van der Waals surface area contributed by atoms with Gasteiger partial charge in [-0.1, -0.05) is 104 Å².